The Hall–Kier alpha value is -1.04. The van der Waals surface area contributed by atoms with Crippen LogP contribution in [-0.2, 0) is 0 Å². The van der Waals surface area contributed by atoms with Crippen molar-refractivity contribution >= 4 is 17.2 Å². The van der Waals surface area contributed by atoms with Gasteiger partial charge < -0.3 is 9.80 Å². The molecule has 1 aliphatic heterocycles. The van der Waals surface area contributed by atoms with Gasteiger partial charge in [0.2, 0.25) is 0 Å². The molecule has 0 bridgehead atoms. The maximum atomic E-state index is 5.47. The molecule has 2 heterocycles. The van der Waals surface area contributed by atoms with Crippen molar-refractivity contribution in [1.82, 2.24) is 19.7 Å². The number of thiocarbonyl (C=S) groups is 1. The lowest BCUT2D eigenvalue weighted by Gasteiger charge is -2.33. The van der Waals surface area contributed by atoms with Gasteiger partial charge in [-0.05, 0) is 19.2 Å². The second-order valence-electron chi connectivity index (χ2n) is 5.09. The predicted octanol–water partition coefficient (Wildman–Crippen LogP) is 0.936. The summed E-state index contributed by atoms with van der Waals surface area (Å²) in [4.78, 5) is 12.1. The van der Waals surface area contributed by atoms with E-state index in [9.17, 15) is 0 Å². The maximum Gasteiger partial charge on any atom is 0.127 e. The van der Waals surface area contributed by atoms with Gasteiger partial charge in [0, 0.05) is 52.5 Å². The molecule has 1 aromatic rings. The van der Waals surface area contributed by atoms with Gasteiger partial charge >= 0.3 is 0 Å². The Morgan fingerprint density at radius 1 is 1.32 bits per heavy atom. The molecule has 0 radical (unpaired) electrons. The Balaban J connectivity index is 1.78. The van der Waals surface area contributed by atoms with Crippen molar-refractivity contribution in [2.24, 2.45) is 0 Å². The van der Waals surface area contributed by atoms with Crippen molar-refractivity contribution in [3.63, 3.8) is 0 Å². The molecule has 0 saturated carbocycles. The van der Waals surface area contributed by atoms with Crippen molar-refractivity contribution in [2.45, 2.75) is 0 Å². The lowest BCUT2D eigenvalue weighted by atomic mass is 10.3. The van der Waals surface area contributed by atoms with Gasteiger partial charge in [-0.15, -0.1) is 0 Å². The molecule has 5 heteroatoms. The molecule has 0 spiro atoms. The normalized spacial score (nSPS) is 17.4. The van der Waals surface area contributed by atoms with Crippen LogP contribution < -0.4 is 0 Å². The lowest BCUT2D eigenvalue weighted by Crippen LogP contribution is -2.47. The van der Waals surface area contributed by atoms with E-state index in [1.807, 2.05) is 25.2 Å². The Morgan fingerprint density at radius 3 is 2.68 bits per heavy atom. The minimum Gasteiger partial charge on any atom is -0.363 e. The number of aromatic nitrogens is 1. The third-order valence-corrected chi connectivity index (χ3v) is 4.10. The van der Waals surface area contributed by atoms with Gasteiger partial charge in [-0.2, -0.15) is 0 Å². The summed E-state index contributed by atoms with van der Waals surface area (Å²) >= 11 is 5.47. The zero-order chi connectivity index (χ0) is 13.7. The molecule has 1 fully saturated rings. The monoisotopic (exact) mass is 278 g/mol. The fourth-order valence-electron chi connectivity index (χ4n) is 2.15. The van der Waals surface area contributed by atoms with Crippen LogP contribution in [0.25, 0.3) is 0 Å². The van der Waals surface area contributed by atoms with Gasteiger partial charge in [-0.1, -0.05) is 18.3 Å². The number of hydrogen-bond acceptors (Lipinski definition) is 4. The molecule has 0 aliphatic carbocycles. The number of likely N-dealkylation sites (N-methyl/N-ethyl adjacent to an activating group) is 2. The molecule has 0 atom stereocenters. The average molecular weight is 278 g/mol. The first-order valence-electron chi connectivity index (χ1n) is 6.74. The minimum absolute atomic E-state index is 0.828. The molecule has 0 N–H and O–H groups in total. The van der Waals surface area contributed by atoms with E-state index in [4.69, 9.17) is 12.2 Å². The number of pyridine rings is 1. The molecule has 0 amide bonds. The Labute approximate surface area is 121 Å². The molecule has 19 heavy (non-hydrogen) atoms. The van der Waals surface area contributed by atoms with E-state index in [-0.39, 0.29) is 0 Å². The quantitative estimate of drug-likeness (QED) is 0.763. The summed E-state index contributed by atoms with van der Waals surface area (Å²) in [6.07, 6.45) is 1.79. The van der Waals surface area contributed by atoms with Gasteiger partial charge in [-0.3, -0.25) is 9.88 Å². The van der Waals surface area contributed by atoms with Crippen molar-refractivity contribution in [2.75, 3.05) is 53.4 Å². The average Bonchev–Trinajstić information content (AvgIpc) is 2.46. The molecule has 0 unspecified atom stereocenters. The minimum atomic E-state index is 0.828. The van der Waals surface area contributed by atoms with Gasteiger partial charge in [-0.25, -0.2) is 0 Å². The van der Waals surface area contributed by atoms with Gasteiger partial charge in [0.15, 0.2) is 0 Å². The Kier molecular flexibility index (Phi) is 5.24. The van der Waals surface area contributed by atoms with Crippen LogP contribution in [0.4, 0.5) is 0 Å². The van der Waals surface area contributed by atoms with E-state index in [1.165, 1.54) is 0 Å². The molecule has 104 valence electrons. The van der Waals surface area contributed by atoms with Crippen LogP contribution in [-0.4, -0.2) is 78.0 Å². The third-order valence-electron chi connectivity index (χ3n) is 3.58. The number of nitrogens with zero attached hydrogens (tertiary/aromatic N) is 4. The van der Waals surface area contributed by atoms with Crippen LogP contribution in [0.5, 0.6) is 0 Å². The van der Waals surface area contributed by atoms with Crippen LogP contribution in [0.15, 0.2) is 24.4 Å². The van der Waals surface area contributed by atoms with E-state index < -0.39 is 0 Å². The van der Waals surface area contributed by atoms with Gasteiger partial charge in [0.1, 0.15) is 4.99 Å². The van der Waals surface area contributed by atoms with Crippen LogP contribution in [0, 0.1) is 0 Å². The highest BCUT2D eigenvalue weighted by Gasteiger charge is 2.15. The number of piperazine rings is 1. The molecule has 1 aromatic heterocycles. The van der Waals surface area contributed by atoms with E-state index in [0.717, 1.165) is 50.0 Å². The van der Waals surface area contributed by atoms with E-state index in [0.29, 0.717) is 0 Å². The molecular formula is C14H22N4S. The Morgan fingerprint density at radius 2 is 2.05 bits per heavy atom. The van der Waals surface area contributed by atoms with E-state index in [2.05, 4.69) is 26.7 Å². The SMILES string of the molecule is CN1CCN(CCN(C)C(=S)c2ccccn2)CC1. The van der Waals surface area contributed by atoms with E-state index >= 15 is 0 Å². The highest BCUT2D eigenvalue weighted by Crippen LogP contribution is 2.03. The largest absolute Gasteiger partial charge is 0.363 e. The fraction of sp³-hybridized carbons (Fsp3) is 0.571. The molecule has 1 saturated heterocycles. The molecule has 2 rings (SSSR count). The van der Waals surface area contributed by atoms with Gasteiger partial charge in [0.05, 0.1) is 5.69 Å². The summed E-state index contributed by atoms with van der Waals surface area (Å²) in [7, 11) is 4.23. The summed E-state index contributed by atoms with van der Waals surface area (Å²) < 4.78 is 0. The zero-order valence-corrected chi connectivity index (χ0v) is 12.6. The maximum absolute atomic E-state index is 5.47. The summed E-state index contributed by atoms with van der Waals surface area (Å²) in [5, 5.41) is 0. The first-order valence-corrected chi connectivity index (χ1v) is 7.15. The molecule has 1 aliphatic rings. The number of rotatable bonds is 4. The second kappa shape index (κ2) is 6.93. The molecular weight excluding hydrogens is 256 g/mol. The highest BCUT2D eigenvalue weighted by atomic mass is 32.1. The van der Waals surface area contributed by atoms with E-state index in [1.54, 1.807) is 6.20 Å². The Bertz CT molecular complexity index is 401. The van der Waals surface area contributed by atoms with Crippen LogP contribution >= 0.6 is 12.2 Å². The van der Waals surface area contributed by atoms with Crippen LogP contribution in [0.2, 0.25) is 0 Å². The third kappa shape index (κ3) is 4.23. The number of hydrogen-bond donors (Lipinski definition) is 0. The fourth-order valence-corrected chi connectivity index (χ4v) is 2.36. The van der Waals surface area contributed by atoms with Crippen molar-refractivity contribution < 1.29 is 0 Å². The van der Waals surface area contributed by atoms with Crippen molar-refractivity contribution in [3.05, 3.63) is 30.1 Å². The van der Waals surface area contributed by atoms with Crippen molar-refractivity contribution in [1.29, 1.82) is 0 Å². The van der Waals surface area contributed by atoms with Gasteiger partial charge in [0.25, 0.3) is 0 Å². The summed E-state index contributed by atoms with van der Waals surface area (Å²) in [6.45, 7) is 6.65. The summed E-state index contributed by atoms with van der Waals surface area (Å²) in [5.41, 5.74) is 0.887. The lowest BCUT2D eigenvalue weighted by molar-refractivity contribution is 0.149. The summed E-state index contributed by atoms with van der Waals surface area (Å²) in [6, 6.07) is 5.86. The zero-order valence-electron chi connectivity index (χ0n) is 11.7. The standard InChI is InChI=1S/C14H22N4S/c1-16-7-10-18(11-8-16)12-9-17(2)14(19)13-5-3-4-6-15-13/h3-6H,7-12H2,1-2H3. The van der Waals surface area contributed by atoms with Crippen molar-refractivity contribution in [3.8, 4) is 0 Å². The first kappa shape index (κ1) is 14.4. The summed E-state index contributed by atoms with van der Waals surface area (Å²) in [5.74, 6) is 0. The second-order valence-corrected chi connectivity index (χ2v) is 5.47. The highest BCUT2D eigenvalue weighted by molar-refractivity contribution is 7.80. The molecule has 0 aromatic carbocycles. The van der Waals surface area contributed by atoms with Crippen LogP contribution in [0.3, 0.4) is 0 Å². The molecule has 4 nitrogen and oxygen atoms in total. The van der Waals surface area contributed by atoms with Crippen LogP contribution in [0.1, 0.15) is 5.69 Å². The topological polar surface area (TPSA) is 22.6 Å². The smallest absolute Gasteiger partial charge is 0.127 e. The first-order chi connectivity index (χ1) is 9.16. The predicted molar refractivity (Wildman–Crippen MR) is 82.5 cm³/mol.